The van der Waals surface area contributed by atoms with Gasteiger partial charge in [0.15, 0.2) is 0 Å². The fourth-order valence-electron chi connectivity index (χ4n) is 3.88. The number of nitrogens with one attached hydrogen (secondary N) is 1. The first-order chi connectivity index (χ1) is 16.4. The number of hydrogen-bond donors (Lipinski definition) is 1. The van der Waals surface area contributed by atoms with E-state index >= 15 is 0 Å². The lowest BCUT2D eigenvalue weighted by Crippen LogP contribution is -2.27. The van der Waals surface area contributed by atoms with Crippen LogP contribution in [0.3, 0.4) is 0 Å². The van der Waals surface area contributed by atoms with E-state index in [9.17, 15) is 9.59 Å². The number of ether oxygens (including phenoxy) is 2. The summed E-state index contributed by atoms with van der Waals surface area (Å²) in [6.45, 7) is 2.31. The Bertz CT molecular complexity index is 1370. The first kappa shape index (κ1) is 23.1. The van der Waals surface area contributed by atoms with Crippen molar-refractivity contribution in [3.05, 3.63) is 81.8 Å². The Hall–Kier alpha value is -4.07. The monoisotopic (exact) mass is 460 g/mol. The van der Waals surface area contributed by atoms with E-state index in [1.54, 1.807) is 14.2 Å². The number of aromatic nitrogens is 3. The third kappa shape index (κ3) is 4.66. The lowest BCUT2D eigenvalue weighted by molar-refractivity contribution is -0.121. The second-order valence-corrected chi connectivity index (χ2v) is 8.08. The summed E-state index contributed by atoms with van der Waals surface area (Å²) in [4.78, 5) is 25.7. The molecule has 0 atom stereocenters. The molecule has 0 aliphatic rings. The Balaban J connectivity index is 1.50. The standard InChI is InChI=1S/C26H28N4O4/c1-17-22(13-14-24(31)27-16-18-5-9-20(33-3)10-6-18)26(32)30-25(29(17)2)15-23(28-30)19-7-11-21(34-4)12-8-19/h5-12,15H,13-14,16H2,1-4H3,(H,27,31). The summed E-state index contributed by atoms with van der Waals surface area (Å²) >= 11 is 0. The maximum absolute atomic E-state index is 13.2. The van der Waals surface area contributed by atoms with E-state index in [1.807, 2.05) is 73.1 Å². The molecule has 0 radical (unpaired) electrons. The van der Waals surface area contributed by atoms with Crippen molar-refractivity contribution in [3.8, 4) is 22.8 Å². The maximum atomic E-state index is 13.2. The van der Waals surface area contributed by atoms with Crippen LogP contribution < -0.4 is 20.3 Å². The van der Waals surface area contributed by atoms with E-state index in [0.717, 1.165) is 28.3 Å². The van der Waals surface area contributed by atoms with Crippen molar-refractivity contribution < 1.29 is 14.3 Å². The molecule has 0 spiro atoms. The van der Waals surface area contributed by atoms with Crippen molar-refractivity contribution in [2.75, 3.05) is 14.2 Å². The number of carbonyl (C=O) groups is 1. The molecule has 0 fully saturated rings. The minimum absolute atomic E-state index is 0.114. The fraction of sp³-hybridized carbons (Fsp3) is 0.269. The van der Waals surface area contributed by atoms with Gasteiger partial charge in [-0.3, -0.25) is 9.59 Å². The molecular formula is C26H28N4O4. The van der Waals surface area contributed by atoms with E-state index < -0.39 is 0 Å². The lowest BCUT2D eigenvalue weighted by atomic mass is 10.1. The van der Waals surface area contributed by atoms with Gasteiger partial charge in [0.1, 0.15) is 17.1 Å². The largest absolute Gasteiger partial charge is 0.497 e. The molecule has 34 heavy (non-hydrogen) atoms. The van der Waals surface area contributed by atoms with Crippen LogP contribution in [0.1, 0.15) is 23.2 Å². The average Bonchev–Trinajstić information content (AvgIpc) is 3.32. The molecular weight excluding hydrogens is 432 g/mol. The zero-order chi connectivity index (χ0) is 24.2. The van der Waals surface area contributed by atoms with Crippen LogP contribution in [0.25, 0.3) is 16.9 Å². The summed E-state index contributed by atoms with van der Waals surface area (Å²) in [7, 11) is 5.13. The molecule has 0 aliphatic heterocycles. The summed E-state index contributed by atoms with van der Waals surface area (Å²) < 4.78 is 13.7. The van der Waals surface area contributed by atoms with Gasteiger partial charge in [-0.15, -0.1) is 0 Å². The van der Waals surface area contributed by atoms with Crippen molar-refractivity contribution in [2.45, 2.75) is 26.3 Å². The quantitative estimate of drug-likeness (QED) is 0.436. The predicted molar refractivity (Wildman–Crippen MR) is 130 cm³/mol. The Morgan fingerprint density at radius 3 is 2.24 bits per heavy atom. The van der Waals surface area contributed by atoms with Gasteiger partial charge in [0, 0.05) is 42.9 Å². The van der Waals surface area contributed by atoms with Crippen LogP contribution in [-0.2, 0) is 24.8 Å². The van der Waals surface area contributed by atoms with Gasteiger partial charge in [-0.2, -0.15) is 9.61 Å². The second-order valence-electron chi connectivity index (χ2n) is 8.08. The minimum Gasteiger partial charge on any atom is -0.497 e. The van der Waals surface area contributed by atoms with Crippen LogP contribution in [0, 0.1) is 6.92 Å². The SMILES string of the molecule is COc1ccc(CNC(=O)CCc2c(C)n(C)c3cc(-c4ccc(OC)cc4)nn3c2=O)cc1. The number of rotatable bonds is 8. The van der Waals surface area contributed by atoms with Crippen molar-refractivity contribution in [3.63, 3.8) is 0 Å². The van der Waals surface area contributed by atoms with Gasteiger partial charge in [0.25, 0.3) is 5.56 Å². The summed E-state index contributed by atoms with van der Waals surface area (Å²) in [5.41, 5.74) is 4.46. The highest BCUT2D eigenvalue weighted by atomic mass is 16.5. The lowest BCUT2D eigenvalue weighted by Gasteiger charge is -2.12. The first-order valence-electron chi connectivity index (χ1n) is 11.0. The molecule has 176 valence electrons. The van der Waals surface area contributed by atoms with Gasteiger partial charge in [0.05, 0.1) is 19.9 Å². The number of fused-ring (bicyclic) bond motifs is 1. The molecule has 8 nitrogen and oxygen atoms in total. The smallest absolute Gasteiger partial charge is 0.277 e. The van der Waals surface area contributed by atoms with Crippen molar-refractivity contribution in [2.24, 2.45) is 7.05 Å². The maximum Gasteiger partial charge on any atom is 0.277 e. The Morgan fingerprint density at radius 2 is 1.62 bits per heavy atom. The van der Waals surface area contributed by atoms with Crippen LogP contribution >= 0.6 is 0 Å². The number of carbonyl (C=O) groups excluding carboxylic acids is 1. The topological polar surface area (TPSA) is 86.9 Å². The predicted octanol–water partition coefficient (Wildman–Crippen LogP) is 3.27. The molecule has 8 heteroatoms. The highest BCUT2D eigenvalue weighted by molar-refractivity contribution is 5.76. The molecule has 0 aliphatic carbocycles. The van der Waals surface area contributed by atoms with E-state index in [-0.39, 0.29) is 17.9 Å². The third-order valence-electron chi connectivity index (χ3n) is 6.06. The number of aryl methyl sites for hydroxylation is 1. The fourth-order valence-corrected chi connectivity index (χ4v) is 3.88. The third-order valence-corrected chi connectivity index (χ3v) is 6.06. The molecule has 1 N–H and O–H groups in total. The van der Waals surface area contributed by atoms with Crippen molar-refractivity contribution in [1.82, 2.24) is 19.5 Å². The molecule has 1 amide bonds. The number of amides is 1. The Labute approximate surface area is 197 Å². The second kappa shape index (κ2) is 9.82. The molecule has 4 rings (SSSR count). The van der Waals surface area contributed by atoms with Crippen LogP contribution in [0.2, 0.25) is 0 Å². The highest BCUT2D eigenvalue weighted by Gasteiger charge is 2.16. The van der Waals surface area contributed by atoms with Gasteiger partial charge >= 0.3 is 0 Å². The van der Waals surface area contributed by atoms with Gasteiger partial charge in [-0.05, 0) is 55.3 Å². The molecule has 0 saturated carbocycles. The van der Waals surface area contributed by atoms with Gasteiger partial charge in [-0.1, -0.05) is 12.1 Å². The molecule has 0 saturated heterocycles. The van der Waals surface area contributed by atoms with Crippen LogP contribution in [0.15, 0.2) is 59.4 Å². The highest BCUT2D eigenvalue weighted by Crippen LogP contribution is 2.23. The Morgan fingerprint density at radius 1 is 1.00 bits per heavy atom. The van der Waals surface area contributed by atoms with E-state index in [4.69, 9.17) is 9.47 Å². The summed E-state index contributed by atoms with van der Waals surface area (Å²) in [5.74, 6) is 1.41. The minimum atomic E-state index is -0.201. The van der Waals surface area contributed by atoms with Crippen molar-refractivity contribution >= 4 is 11.6 Å². The van der Waals surface area contributed by atoms with E-state index in [1.165, 1.54) is 4.52 Å². The zero-order valence-electron chi connectivity index (χ0n) is 19.8. The van der Waals surface area contributed by atoms with Crippen molar-refractivity contribution in [1.29, 1.82) is 0 Å². The van der Waals surface area contributed by atoms with Gasteiger partial charge in [0.2, 0.25) is 5.91 Å². The summed E-state index contributed by atoms with van der Waals surface area (Å²) in [6.07, 6.45) is 0.547. The number of nitrogens with zero attached hydrogens (tertiary/aromatic N) is 3. The van der Waals surface area contributed by atoms with Gasteiger partial charge < -0.3 is 19.4 Å². The summed E-state index contributed by atoms with van der Waals surface area (Å²) in [5, 5.41) is 7.46. The van der Waals surface area contributed by atoms with E-state index in [0.29, 0.717) is 29.9 Å². The average molecular weight is 461 g/mol. The van der Waals surface area contributed by atoms with Crippen LogP contribution in [-0.4, -0.2) is 34.3 Å². The van der Waals surface area contributed by atoms with Crippen LogP contribution in [0.5, 0.6) is 11.5 Å². The number of hydrogen-bond acceptors (Lipinski definition) is 5. The van der Waals surface area contributed by atoms with E-state index in [2.05, 4.69) is 10.4 Å². The molecule has 2 heterocycles. The molecule has 0 bridgehead atoms. The molecule has 2 aromatic carbocycles. The van der Waals surface area contributed by atoms with Gasteiger partial charge in [-0.25, -0.2) is 0 Å². The Kier molecular flexibility index (Phi) is 6.67. The summed E-state index contributed by atoms with van der Waals surface area (Å²) in [6, 6.07) is 17.0. The molecule has 0 unspecified atom stereocenters. The number of benzene rings is 2. The zero-order valence-corrected chi connectivity index (χ0v) is 19.8. The normalized spacial score (nSPS) is 10.9. The molecule has 2 aromatic heterocycles. The molecule has 4 aromatic rings. The number of methoxy groups -OCH3 is 2. The van der Waals surface area contributed by atoms with Crippen LogP contribution in [0.4, 0.5) is 0 Å². The first-order valence-corrected chi connectivity index (χ1v) is 11.0.